The van der Waals surface area contributed by atoms with E-state index < -0.39 is 0 Å². The lowest BCUT2D eigenvalue weighted by Crippen LogP contribution is -2.02. The normalized spacial score (nSPS) is 13.6. The van der Waals surface area contributed by atoms with E-state index in [0.717, 1.165) is 28.5 Å². The van der Waals surface area contributed by atoms with Gasteiger partial charge in [0, 0.05) is 39.2 Å². The van der Waals surface area contributed by atoms with E-state index in [1.807, 2.05) is 30.0 Å². The summed E-state index contributed by atoms with van der Waals surface area (Å²) in [6.45, 7) is 0. The molecular weight excluding hydrogens is 319 g/mol. The second-order valence-electron chi connectivity index (χ2n) is 4.32. The van der Waals surface area contributed by atoms with Crippen LogP contribution in [0.4, 0.5) is 0 Å². The second kappa shape index (κ2) is 5.44. The zero-order chi connectivity index (χ0) is 13.4. The Morgan fingerprint density at radius 3 is 2.74 bits per heavy atom. The molecule has 0 fully saturated rings. The third-order valence-corrected chi connectivity index (χ3v) is 5.08. The molecule has 0 radical (unpaired) electrons. The van der Waals surface area contributed by atoms with Gasteiger partial charge in [0.05, 0.1) is 0 Å². The van der Waals surface area contributed by atoms with Gasteiger partial charge in [-0.3, -0.25) is 0 Å². The minimum atomic E-state index is 0.570. The number of hydrogen-bond acceptors (Lipinski definition) is 3. The number of fused-ring (bicyclic) bond motifs is 1. The molecule has 1 aliphatic heterocycles. The summed E-state index contributed by atoms with van der Waals surface area (Å²) in [7, 11) is 0. The van der Waals surface area contributed by atoms with E-state index in [2.05, 4.69) is 9.97 Å². The van der Waals surface area contributed by atoms with Gasteiger partial charge in [0.25, 0.3) is 0 Å². The number of nitrogens with one attached hydrogen (secondary N) is 1. The van der Waals surface area contributed by atoms with E-state index in [9.17, 15) is 0 Å². The van der Waals surface area contributed by atoms with Crippen LogP contribution in [0.1, 0.15) is 22.6 Å². The maximum atomic E-state index is 6.18. The Morgan fingerprint density at radius 1 is 1.26 bits per heavy atom. The lowest BCUT2D eigenvalue weighted by molar-refractivity contribution is 0.919. The molecule has 0 spiro atoms. The first-order valence-electron chi connectivity index (χ1n) is 5.76. The van der Waals surface area contributed by atoms with Crippen molar-refractivity contribution in [2.24, 2.45) is 0 Å². The summed E-state index contributed by atoms with van der Waals surface area (Å²) >= 11 is 19.5. The third kappa shape index (κ3) is 2.68. The highest BCUT2D eigenvalue weighted by atomic mass is 35.5. The van der Waals surface area contributed by atoms with Gasteiger partial charge >= 0.3 is 0 Å². The Kier molecular flexibility index (Phi) is 3.85. The number of H-pyrrole nitrogens is 1. The van der Waals surface area contributed by atoms with Crippen LogP contribution in [0.3, 0.4) is 0 Å². The van der Waals surface area contributed by atoms with E-state index >= 15 is 0 Å². The molecule has 1 aliphatic rings. The topological polar surface area (TPSA) is 28.7 Å². The van der Waals surface area contributed by atoms with Crippen LogP contribution in [0.15, 0.2) is 18.2 Å². The summed E-state index contributed by atoms with van der Waals surface area (Å²) in [5.74, 6) is 2.73. The molecule has 1 N–H and O–H groups in total. The first-order chi connectivity index (χ1) is 9.15. The van der Waals surface area contributed by atoms with Crippen LogP contribution in [0.5, 0.6) is 0 Å². The van der Waals surface area contributed by atoms with Crippen LogP contribution in [0, 0.1) is 4.64 Å². The van der Waals surface area contributed by atoms with Crippen molar-refractivity contribution in [1.82, 2.24) is 9.97 Å². The number of hydrogen-bond donors (Lipinski definition) is 1. The molecule has 19 heavy (non-hydrogen) atoms. The lowest BCUT2D eigenvalue weighted by atomic mass is 10.1. The third-order valence-electron chi connectivity index (χ3n) is 3.05. The van der Waals surface area contributed by atoms with E-state index in [1.165, 1.54) is 5.69 Å². The number of benzene rings is 1. The minimum absolute atomic E-state index is 0.570. The summed E-state index contributed by atoms with van der Waals surface area (Å²) in [4.78, 5) is 7.80. The van der Waals surface area contributed by atoms with Gasteiger partial charge in [-0.25, -0.2) is 4.98 Å². The monoisotopic (exact) mass is 328 g/mol. The van der Waals surface area contributed by atoms with Gasteiger partial charge in [-0.05, 0) is 17.7 Å². The molecule has 0 saturated heterocycles. The molecule has 3 rings (SSSR count). The highest BCUT2D eigenvalue weighted by molar-refractivity contribution is 7.98. The van der Waals surface area contributed by atoms with Gasteiger partial charge in [-0.1, -0.05) is 41.5 Å². The lowest BCUT2D eigenvalue weighted by Gasteiger charge is -2.08. The molecule has 0 bridgehead atoms. The highest BCUT2D eigenvalue weighted by Gasteiger charge is 2.16. The summed E-state index contributed by atoms with van der Waals surface area (Å²) < 4.78 is 0.692. The second-order valence-corrected chi connectivity index (χ2v) is 6.50. The smallest absolute Gasteiger partial charge is 0.134 e. The number of nitrogens with zero attached hydrogens (tertiary/aromatic N) is 1. The summed E-state index contributed by atoms with van der Waals surface area (Å²) in [5, 5.41) is 1.31. The molecule has 0 atom stereocenters. The number of aromatic nitrogens is 2. The zero-order valence-electron chi connectivity index (χ0n) is 9.87. The minimum Gasteiger partial charge on any atom is -0.346 e. The number of rotatable bonds is 2. The van der Waals surface area contributed by atoms with E-state index in [-0.39, 0.29) is 0 Å². The molecule has 6 heteroatoms. The van der Waals surface area contributed by atoms with Gasteiger partial charge in [0.1, 0.15) is 10.5 Å². The molecule has 98 valence electrons. The van der Waals surface area contributed by atoms with Crippen LogP contribution in [-0.2, 0) is 17.9 Å². The number of halogens is 2. The van der Waals surface area contributed by atoms with Crippen molar-refractivity contribution < 1.29 is 0 Å². The molecule has 1 aromatic carbocycles. The molecule has 1 aromatic heterocycles. The Bertz CT molecular complexity index is 677. The largest absolute Gasteiger partial charge is 0.346 e. The molecule has 2 nitrogen and oxygen atoms in total. The first-order valence-corrected chi connectivity index (χ1v) is 8.08. The molecule has 0 saturated carbocycles. The maximum Gasteiger partial charge on any atom is 0.134 e. The average molecular weight is 329 g/mol. The average Bonchev–Trinajstić information content (AvgIpc) is 2.83. The molecule has 0 unspecified atom stereocenters. The number of thioether (sulfide) groups is 1. The van der Waals surface area contributed by atoms with Gasteiger partial charge < -0.3 is 4.98 Å². The van der Waals surface area contributed by atoms with Crippen LogP contribution >= 0.6 is 47.2 Å². The highest BCUT2D eigenvalue weighted by Crippen LogP contribution is 2.30. The van der Waals surface area contributed by atoms with Crippen LogP contribution in [-0.4, -0.2) is 9.97 Å². The molecule has 0 amide bonds. The van der Waals surface area contributed by atoms with Crippen molar-refractivity contribution in [3.63, 3.8) is 0 Å². The molecule has 0 aliphatic carbocycles. The van der Waals surface area contributed by atoms with Crippen LogP contribution in [0.25, 0.3) is 0 Å². The molecule has 2 aromatic rings. The fourth-order valence-electron chi connectivity index (χ4n) is 2.08. The zero-order valence-corrected chi connectivity index (χ0v) is 13.0. The van der Waals surface area contributed by atoms with Crippen LogP contribution < -0.4 is 0 Å². The van der Waals surface area contributed by atoms with Gasteiger partial charge in [0.15, 0.2) is 0 Å². The van der Waals surface area contributed by atoms with Gasteiger partial charge in [0.2, 0.25) is 0 Å². The predicted octanol–water partition coefficient (Wildman–Crippen LogP) is 4.78. The van der Waals surface area contributed by atoms with Crippen molar-refractivity contribution in [1.29, 1.82) is 0 Å². The Hall–Kier alpha value is -0.550. The molecule has 2 heterocycles. The first kappa shape index (κ1) is 13.4. The number of aromatic amines is 1. The fraction of sp³-hybridized carbons (Fsp3) is 0.231. The Balaban J connectivity index is 2.01. The summed E-state index contributed by atoms with van der Waals surface area (Å²) in [6, 6.07) is 5.50. The van der Waals surface area contributed by atoms with E-state index in [1.54, 1.807) is 0 Å². The van der Waals surface area contributed by atoms with Crippen molar-refractivity contribution in [3.05, 3.63) is 55.5 Å². The quantitative estimate of drug-likeness (QED) is 0.804. The van der Waals surface area contributed by atoms with Gasteiger partial charge in [-0.2, -0.15) is 11.8 Å². The standard InChI is InChI=1S/C13H10Cl2N2S2/c14-9-2-1-3-10(15)7(9)4-12-16-11-6-19-5-8(11)13(18)17-12/h1-3H,4-6H2,(H,16,17,18). The van der Waals surface area contributed by atoms with E-state index in [4.69, 9.17) is 35.4 Å². The summed E-state index contributed by atoms with van der Waals surface area (Å²) in [6.07, 6.45) is 0.570. The van der Waals surface area contributed by atoms with Crippen molar-refractivity contribution in [2.45, 2.75) is 17.9 Å². The summed E-state index contributed by atoms with van der Waals surface area (Å²) in [5.41, 5.74) is 3.23. The Labute approximate surface area is 130 Å². The van der Waals surface area contributed by atoms with Crippen molar-refractivity contribution in [2.75, 3.05) is 0 Å². The molecular formula is C13H10Cl2N2S2. The van der Waals surface area contributed by atoms with Crippen LogP contribution in [0.2, 0.25) is 10.0 Å². The van der Waals surface area contributed by atoms with Gasteiger partial charge in [-0.15, -0.1) is 0 Å². The van der Waals surface area contributed by atoms with Crippen molar-refractivity contribution >= 4 is 47.2 Å². The Morgan fingerprint density at radius 2 is 2.00 bits per heavy atom. The predicted molar refractivity (Wildman–Crippen MR) is 83.7 cm³/mol. The SMILES string of the molecule is S=c1nc(Cc2c(Cl)cccc2Cl)[nH]c2c1CSC2. The van der Waals surface area contributed by atoms with Crippen molar-refractivity contribution in [3.8, 4) is 0 Å². The van der Waals surface area contributed by atoms with E-state index in [0.29, 0.717) is 21.1 Å². The maximum absolute atomic E-state index is 6.18. The fourth-order valence-corrected chi connectivity index (χ4v) is 4.07.